The zero-order valence-electron chi connectivity index (χ0n) is 9.39. The molecule has 0 radical (unpaired) electrons. The third-order valence-electron chi connectivity index (χ3n) is 3.50. The van der Waals surface area contributed by atoms with E-state index in [1.54, 1.807) is 19.4 Å². The summed E-state index contributed by atoms with van der Waals surface area (Å²) in [6, 6.07) is 1.78. The summed E-state index contributed by atoms with van der Waals surface area (Å²) in [5.74, 6) is 2.96. The Hall–Kier alpha value is -1.36. The maximum Gasteiger partial charge on any atom is 0.228 e. The SMILES string of the molecule is COc1ccnc(N2C[C@H]3CNC[C@H]3C2)n1. The van der Waals surface area contributed by atoms with Crippen LogP contribution in [-0.4, -0.2) is 43.3 Å². The molecule has 0 spiro atoms. The second kappa shape index (κ2) is 3.90. The Bertz CT molecular complexity index is 372. The van der Waals surface area contributed by atoms with E-state index in [2.05, 4.69) is 20.2 Å². The Labute approximate surface area is 94.8 Å². The Balaban J connectivity index is 1.78. The molecule has 2 fully saturated rings. The molecule has 0 aromatic carbocycles. The third-order valence-corrected chi connectivity index (χ3v) is 3.50. The van der Waals surface area contributed by atoms with Gasteiger partial charge >= 0.3 is 0 Å². The van der Waals surface area contributed by atoms with Crippen molar-refractivity contribution < 1.29 is 4.74 Å². The van der Waals surface area contributed by atoms with Gasteiger partial charge < -0.3 is 15.0 Å². The highest BCUT2D eigenvalue weighted by atomic mass is 16.5. The predicted molar refractivity (Wildman–Crippen MR) is 60.6 cm³/mol. The van der Waals surface area contributed by atoms with Crippen LogP contribution in [0.1, 0.15) is 0 Å². The van der Waals surface area contributed by atoms with Crippen LogP contribution >= 0.6 is 0 Å². The first-order valence-electron chi connectivity index (χ1n) is 5.69. The number of fused-ring (bicyclic) bond motifs is 1. The van der Waals surface area contributed by atoms with Crippen molar-refractivity contribution >= 4 is 5.95 Å². The number of methoxy groups -OCH3 is 1. The average molecular weight is 220 g/mol. The second-order valence-corrected chi connectivity index (χ2v) is 4.48. The molecule has 1 N–H and O–H groups in total. The van der Waals surface area contributed by atoms with Crippen molar-refractivity contribution in [3.63, 3.8) is 0 Å². The van der Waals surface area contributed by atoms with Gasteiger partial charge in [-0.2, -0.15) is 4.98 Å². The average Bonchev–Trinajstić information content (AvgIpc) is 2.89. The molecule has 3 rings (SSSR count). The van der Waals surface area contributed by atoms with Gasteiger partial charge in [-0.1, -0.05) is 0 Å². The largest absolute Gasteiger partial charge is 0.481 e. The van der Waals surface area contributed by atoms with Crippen LogP contribution in [0.3, 0.4) is 0 Å². The van der Waals surface area contributed by atoms with Crippen LogP contribution in [0.15, 0.2) is 12.3 Å². The number of hydrogen-bond donors (Lipinski definition) is 1. The van der Waals surface area contributed by atoms with Gasteiger partial charge in [-0.25, -0.2) is 4.98 Å². The third kappa shape index (κ3) is 1.61. The van der Waals surface area contributed by atoms with Crippen molar-refractivity contribution in [2.75, 3.05) is 38.2 Å². The number of aromatic nitrogens is 2. The molecule has 0 bridgehead atoms. The molecule has 0 saturated carbocycles. The number of hydrogen-bond acceptors (Lipinski definition) is 5. The molecule has 1 aromatic heterocycles. The van der Waals surface area contributed by atoms with E-state index >= 15 is 0 Å². The van der Waals surface area contributed by atoms with Gasteiger partial charge in [-0.05, 0) is 11.8 Å². The summed E-state index contributed by atoms with van der Waals surface area (Å²) in [5.41, 5.74) is 0. The molecule has 2 aliphatic heterocycles. The number of nitrogens with one attached hydrogen (secondary N) is 1. The minimum absolute atomic E-state index is 0.639. The van der Waals surface area contributed by atoms with Gasteiger partial charge in [0.25, 0.3) is 0 Å². The highest BCUT2D eigenvalue weighted by Gasteiger charge is 2.37. The summed E-state index contributed by atoms with van der Waals surface area (Å²) in [7, 11) is 1.63. The fourth-order valence-corrected chi connectivity index (χ4v) is 2.62. The smallest absolute Gasteiger partial charge is 0.228 e. The van der Waals surface area contributed by atoms with Crippen molar-refractivity contribution in [2.45, 2.75) is 0 Å². The molecule has 2 saturated heterocycles. The van der Waals surface area contributed by atoms with E-state index in [-0.39, 0.29) is 0 Å². The van der Waals surface area contributed by atoms with E-state index < -0.39 is 0 Å². The summed E-state index contributed by atoms with van der Waals surface area (Å²) in [6.07, 6.45) is 1.76. The summed E-state index contributed by atoms with van der Waals surface area (Å²) in [4.78, 5) is 10.9. The van der Waals surface area contributed by atoms with Crippen LogP contribution in [0.4, 0.5) is 5.95 Å². The number of anilines is 1. The van der Waals surface area contributed by atoms with Gasteiger partial charge in [-0.15, -0.1) is 0 Å². The van der Waals surface area contributed by atoms with E-state index in [0.717, 1.165) is 44.0 Å². The van der Waals surface area contributed by atoms with E-state index in [9.17, 15) is 0 Å². The summed E-state index contributed by atoms with van der Waals surface area (Å²) < 4.78 is 5.12. The Kier molecular flexibility index (Phi) is 2.40. The van der Waals surface area contributed by atoms with Crippen molar-refractivity contribution in [2.24, 2.45) is 11.8 Å². The molecule has 0 amide bonds. The van der Waals surface area contributed by atoms with Gasteiger partial charge in [0.05, 0.1) is 7.11 Å². The minimum atomic E-state index is 0.639. The van der Waals surface area contributed by atoms with Crippen LogP contribution in [0.5, 0.6) is 5.88 Å². The monoisotopic (exact) mass is 220 g/mol. The van der Waals surface area contributed by atoms with Crippen molar-refractivity contribution in [1.82, 2.24) is 15.3 Å². The molecule has 1 aromatic rings. The first-order valence-corrected chi connectivity index (χ1v) is 5.69. The number of rotatable bonds is 2. The first-order chi connectivity index (χ1) is 7.86. The lowest BCUT2D eigenvalue weighted by Crippen LogP contribution is -2.26. The van der Waals surface area contributed by atoms with Gasteiger partial charge in [0.1, 0.15) is 0 Å². The highest BCUT2D eigenvalue weighted by Crippen LogP contribution is 2.28. The summed E-state index contributed by atoms with van der Waals surface area (Å²) in [6.45, 7) is 4.38. The maximum absolute atomic E-state index is 5.12. The summed E-state index contributed by atoms with van der Waals surface area (Å²) in [5, 5.41) is 3.43. The Morgan fingerprint density at radius 3 is 2.81 bits per heavy atom. The van der Waals surface area contributed by atoms with Crippen LogP contribution in [0, 0.1) is 11.8 Å². The van der Waals surface area contributed by atoms with E-state index in [1.807, 2.05) is 0 Å². The fraction of sp³-hybridized carbons (Fsp3) is 0.636. The van der Waals surface area contributed by atoms with Crippen LogP contribution in [0.2, 0.25) is 0 Å². The first kappa shape index (κ1) is 9.84. The lowest BCUT2D eigenvalue weighted by molar-refractivity contribution is 0.397. The fourth-order valence-electron chi connectivity index (χ4n) is 2.62. The summed E-state index contributed by atoms with van der Waals surface area (Å²) >= 11 is 0. The van der Waals surface area contributed by atoms with E-state index in [1.165, 1.54) is 0 Å². The normalized spacial score (nSPS) is 28.2. The lowest BCUT2D eigenvalue weighted by Gasteiger charge is -2.17. The molecule has 0 aliphatic carbocycles. The molecule has 86 valence electrons. The van der Waals surface area contributed by atoms with Crippen LogP contribution < -0.4 is 15.0 Å². The van der Waals surface area contributed by atoms with Gasteiger partial charge in [0.2, 0.25) is 11.8 Å². The van der Waals surface area contributed by atoms with Gasteiger partial charge in [0, 0.05) is 38.4 Å². The number of nitrogens with zero attached hydrogens (tertiary/aromatic N) is 3. The van der Waals surface area contributed by atoms with Crippen LogP contribution in [-0.2, 0) is 0 Å². The minimum Gasteiger partial charge on any atom is -0.481 e. The van der Waals surface area contributed by atoms with Gasteiger partial charge in [0.15, 0.2) is 0 Å². The molecule has 2 atom stereocenters. The molecule has 5 nitrogen and oxygen atoms in total. The maximum atomic E-state index is 5.12. The predicted octanol–water partition coefficient (Wildman–Crippen LogP) is 0.141. The molecule has 0 unspecified atom stereocenters. The van der Waals surface area contributed by atoms with Crippen LogP contribution in [0.25, 0.3) is 0 Å². The zero-order chi connectivity index (χ0) is 11.0. The van der Waals surface area contributed by atoms with Crippen molar-refractivity contribution in [3.05, 3.63) is 12.3 Å². The molecule has 5 heteroatoms. The lowest BCUT2D eigenvalue weighted by atomic mass is 10.0. The van der Waals surface area contributed by atoms with E-state index in [4.69, 9.17) is 4.74 Å². The van der Waals surface area contributed by atoms with Crippen molar-refractivity contribution in [1.29, 1.82) is 0 Å². The molecular formula is C11H16N4O. The Morgan fingerprint density at radius 2 is 2.12 bits per heavy atom. The van der Waals surface area contributed by atoms with Gasteiger partial charge in [-0.3, -0.25) is 0 Å². The Morgan fingerprint density at radius 1 is 1.38 bits per heavy atom. The molecule has 16 heavy (non-hydrogen) atoms. The zero-order valence-corrected chi connectivity index (χ0v) is 9.39. The molecular weight excluding hydrogens is 204 g/mol. The molecule has 3 heterocycles. The van der Waals surface area contributed by atoms with E-state index in [0.29, 0.717) is 5.88 Å². The number of ether oxygens (including phenoxy) is 1. The standard InChI is InChI=1S/C11H16N4O/c1-16-10-2-3-13-11(14-10)15-6-8-4-12-5-9(8)7-15/h2-3,8-9,12H,4-7H2,1H3/t8-,9+. The highest BCUT2D eigenvalue weighted by molar-refractivity contribution is 5.34. The second-order valence-electron chi connectivity index (χ2n) is 4.48. The quantitative estimate of drug-likeness (QED) is 0.768. The van der Waals surface area contributed by atoms with Crippen molar-refractivity contribution in [3.8, 4) is 5.88 Å². The molecule has 2 aliphatic rings. The topological polar surface area (TPSA) is 50.3 Å².